The molecule has 1 amide bonds. The first-order chi connectivity index (χ1) is 12.2. The predicted octanol–water partition coefficient (Wildman–Crippen LogP) is 1.90. The highest BCUT2D eigenvalue weighted by molar-refractivity contribution is 7.89. The molecule has 8 heteroatoms. The minimum absolute atomic E-state index is 0.0977. The van der Waals surface area contributed by atoms with Crippen LogP contribution in [-0.2, 0) is 14.8 Å². The van der Waals surface area contributed by atoms with Gasteiger partial charge in [0.25, 0.3) is 5.91 Å². The molecule has 0 spiro atoms. The van der Waals surface area contributed by atoms with E-state index in [1.807, 2.05) is 6.92 Å². The number of amides is 1. The number of carboxylic acid groups (broad SMARTS) is 1. The molecule has 144 valence electrons. The average molecular weight is 382 g/mol. The molecule has 1 aliphatic rings. The van der Waals surface area contributed by atoms with Crippen molar-refractivity contribution in [3.63, 3.8) is 0 Å². The van der Waals surface area contributed by atoms with Crippen molar-refractivity contribution in [2.45, 2.75) is 32.1 Å². The number of nitrogens with zero attached hydrogens (tertiary/aromatic N) is 2. The number of carbonyl (C=O) groups is 2. The minimum atomic E-state index is -3.63. The molecule has 0 aliphatic carbocycles. The topological polar surface area (TPSA) is 95.0 Å². The Labute approximate surface area is 154 Å². The van der Waals surface area contributed by atoms with Crippen LogP contribution in [0.15, 0.2) is 29.2 Å². The maximum atomic E-state index is 12.8. The van der Waals surface area contributed by atoms with E-state index in [0.29, 0.717) is 38.2 Å². The number of piperidine rings is 1. The Balaban J connectivity index is 2.23. The van der Waals surface area contributed by atoms with Crippen LogP contribution in [0, 0.1) is 11.8 Å². The first-order valence-corrected chi connectivity index (χ1v) is 10.3. The van der Waals surface area contributed by atoms with Crippen LogP contribution in [0.25, 0.3) is 0 Å². The molecule has 1 aromatic rings. The van der Waals surface area contributed by atoms with Crippen molar-refractivity contribution in [2.24, 2.45) is 11.8 Å². The highest BCUT2D eigenvalue weighted by Crippen LogP contribution is 2.25. The Hall–Kier alpha value is -1.93. The van der Waals surface area contributed by atoms with Crippen LogP contribution in [0.5, 0.6) is 0 Å². The third kappa shape index (κ3) is 4.07. The van der Waals surface area contributed by atoms with Gasteiger partial charge in [0.1, 0.15) is 0 Å². The van der Waals surface area contributed by atoms with Gasteiger partial charge in [0.15, 0.2) is 0 Å². The van der Waals surface area contributed by atoms with Gasteiger partial charge in [-0.1, -0.05) is 26.8 Å². The molecule has 2 atom stereocenters. The number of benzene rings is 1. The second-order valence-electron chi connectivity index (χ2n) is 6.58. The van der Waals surface area contributed by atoms with E-state index in [1.54, 1.807) is 30.9 Å². The van der Waals surface area contributed by atoms with E-state index in [0.717, 1.165) is 0 Å². The predicted molar refractivity (Wildman–Crippen MR) is 97.4 cm³/mol. The summed E-state index contributed by atoms with van der Waals surface area (Å²) in [4.78, 5) is 25.7. The highest BCUT2D eigenvalue weighted by atomic mass is 32.2. The van der Waals surface area contributed by atoms with Crippen molar-refractivity contribution < 1.29 is 23.1 Å². The SMILES string of the molecule is CCN(CC)S(=O)(=O)c1cccc(C(=O)N2CCC(C(=O)O)C(C)C2)c1. The van der Waals surface area contributed by atoms with Gasteiger partial charge in [0.05, 0.1) is 10.8 Å². The van der Waals surface area contributed by atoms with Gasteiger partial charge in [0, 0.05) is 31.7 Å². The first-order valence-electron chi connectivity index (χ1n) is 8.84. The number of hydrogen-bond donors (Lipinski definition) is 1. The third-order valence-electron chi connectivity index (χ3n) is 4.93. The highest BCUT2D eigenvalue weighted by Gasteiger charge is 2.33. The Kier molecular flexibility index (Phi) is 6.41. The van der Waals surface area contributed by atoms with Crippen molar-refractivity contribution in [3.8, 4) is 0 Å². The van der Waals surface area contributed by atoms with Gasteiger partial charge in [-0.2, -0.15) is 4.31 Å². The van der Waals surface area contributed by atoms with Crippen molar-refractivity contribution in [2.75, 3.05) is 26.2 Å². The van der Waals surface area contributed by atoms with E-state index in [2.05, 4.69) is 0 Å². The van der Waals surface area contributed by atoms with Gasteiger partial charge in [0.2, 0.25) is 10.0 Å². The molecule has 1 fully saturated rings. The van der Waals surface area contributed by atoms with E-state index < -0.39 is 21.9 Å². The summed E-state index contributed by atoms with van der Waals surface area (Å²) in [5.74, 6) is -1.70. The third-order valence-corrected chi connectivity index (χ3v) is 6.98. The molecule has 0 aromatic heterocycles. The lowest BCUT2D eigenvalue weighted by atomic mass is 9.87. The largest absolute Gasteiger partial charge is 0.481 e. The summed E-state index contributed by atoms with van der Waals surface area (Å²) in [5.41, 5.74) is 0.305. The fourth-order valence-corrected chi connectivity index (χ4v) is 4.89. The fraction of sp³-hybridized carbons (Fsp3) is 0.556. The molecular weight excluding hydrogens is 356 g/mol. The van der Waals surface area contributed by atoms with Gasteiger partial charge in [-0.25, -0.2) is 8.42 Å². The van der Waals surface area contributed by atoms with Gasteiger partial charge >= 0.3 is 5.97 Å². The number of carboxylic acids is 1. The van der Waals surface area contributed by atoms with Crippen LogP contribution in [0.1, 0.15) is 37.6 Å². The number of carbonyl (C=O) groups excluding carboxylic acids is 1. The smallest absolute Gasteiger partial charge is 0.306 e. The normalized spacial score (nSPS) is 21.0. The summed E-state index contributed by atoms with van der Waals surface area (Å²) in [7, 11) is -3.63. The number of rotatable bonds is 6. The Morgan fingerprint density at radius 2 is 1.92 bits per heavy atom. The van der Waals surface area contributed by atoms with E-state index in [9.17, 15) is 23.1 Å². The second kappa shape index (κ2) is 8.18. The minimum Gasteiger partial charge on any atom is -0.481 e. The Morgan fingerprint density at radius 1 is 1.27 bits per heavy atom. The summed E-state index contributed by atoms with van der Waals surface area (Å²) in [6.07, 6.45) is 0.402. The molecule has 1 heterocycles. The van der Waals surface area contributed by atoms with Gasteiger partial charge in [-0.15, -0.1) is 0 Å². The van der Waals surface area contributed by atoms with Crippen LogP contribution in [0.2, 0.25) is 0 Å². The van der Waals surface area contributed by atoms with E-state index in [1.165, 1.54) is 16.4 Å². The molecule has 26 heavy (non-hydrogen) atoms. The van der Waals surface area contributed by atoms with Crippen LogP contribution >= 0.6 is 0 Å². The van der Waals surface area contributed by atoms with Crippen molar-refractivity contribution in [1.29, 1.82) is 0 Å². The molecule has 1 saturated heterocycles. The zero-order chi connectivity index (χ0) is 19.5. The summed E-state index contributed by atoms with van der Waals surface area (Å²) < 4.78 is 26.6. The number of sulfonamides is 1. The standard InChI is InChI=1S/C18H26N2O5S/c1-4-20(5-2)26(24,25)15-8-6-7-14(11-15)17(21)19-10-9-16(18(22)23)13(3)12-19/h6-8,11,13,16H,4-5,9-10,12H2,1-3H3,(H,22,23). The quantitative estimate of drug-likeness (QED) is 0.811. The Bertz CT molecular complexity index is 774. The van der Waals surface area contributed by atoms with Crippen molar-refractivity contribution in [3.05, 3.63) is 29.8 Å². The van der Waals surface area contributed by atoms with Gasteiger partial charge in [-0.05, 0) is 30.5 Å². The molecule has 1 N–H and O–H groups in total. The summed E-state index contributed by atoms with van der Waals surface area (Å²) in [5, 5.41) is 9.20. The Morgan fingerprint density at radius 3 is 2.46 bits per heavy atom. The van der Waals surface area contributed by atoms with Crippen LogP contribution < -0.4 is 0 Å². The molecule has 0 radical (unpaired) electrons. The van der Waals surface area contributed by atoms with E-state index in [-0.39, 0.29) is 16.7 Å². The molecule has 1 aromatic carbocycles. The molecule has 2 rings (SSSR count). The van der Waals surface area contributed by atoms with Crippen LogP contribution in [-0.4, -0.2) is 60.8 Å². The molecule has 7 nitrogen and oxygen atoms in total. The van der Waals surface area contributed by atoms with E-state index >= 15 is 0 Å². The monoisotopic (exact) mass is 382 g/mol. The lowest BCUT2D eigenvalue weighted by Crippen LogP contribution is -2.45. The number of aliphatic carboxylic acids is 1. The zero-order valence-electron chi connectivity index (χ0n) is 15.4. The maximum Gasteiger partial charge on any atom is 0.306 e. The zero-order valence-corrected chi connectivity index (χ0v) is 16.2. The number of hydrogen-bond acceptors (Lipinski definition) is 4. The van der Waals surface area contributed by atoms with Crippen molar-refractivity contribution in [1.82, 2.24) is 9.21 Å². The maximum absolute atomic E-state index is 12.8. The summed E-state index contributed by atoms with van der Waals surface area (Å²) in [6.45, 7) is 6.78. The van der Waals surface area contributed by atoms with Gasteiger partial charge < -0.3 is 10.0 Å². The molecule has 0 saturated carbocycles. The molecule has 0 bridgehead atoms. The summed E-state index contributed by atoms with van der Waals surface area (Å²) in [6, 6.07) is 6.06. The lowest BCUT2D eigenvalue weighted by molar-refractivity contribution is -0.145. The van der Waals surface area contributed by atoms with E-state index in [4.69, 9.17) is 0 Å². The lowest BCUT2D eigenvalue weighted by Gasteiger charge is -2.35. The first kappa shape index (κ1) is 20.4. The summed E-state index contributed by atoms with van der Waals surface area (Å²) >= 11 is 0. The molecule has 1 aliphatic heterocycles. The molecular formula is C18H26N2O5S. The fourth-order valence-electron chi connectivity index (χ4n) is 3.38. The van der Waals surface area contributed by atoms with Crippen LogP contribution in [0.3, 0.4) is 0 Å². The average Bonchev–Trinajstić information content (AvgIpc) is 2.61. The number of likely N-dealkylation sites (tertiary alicyclic amines) is 1. The van der Waals surface area contributed by atoms with Crippen LogP contribution in [0.4, 0.5) is 0 Å². The second-order valence-corrected chi connectivity index (χ2v) is 8.52. The van der Waals surface area contributed by atoms with Gasteiger partial charge in [-0.3, -0.25) is 9.59 Å². The molecule has 2 unspecified atom stereocenters. The van der Waals surface area contributed by atoms with Crippen molar-refractivity contribution >= 4 is 21.9 Å².